The highest BCUT2D eigenvalue weighted by molar-refractivity contribution is 8.15. The summed E-state index contributed by atoms with van der Waals surface area (Å²) in [6, 6.07) is 6.88. The zero-order valence-corrected chi connectivity index (χ0v) is 16.1. The normalized spacial score (nSPS) is 23.4. The fraction of sp³-hybridized carbons (Fsp3) is 0.500. The molecule has 4 rings (SSSR count). The van der Waals surface area contributed by atoms with Crippen LogP contribution in [0.5, 0.6) is 0 Å². The third-order valence-corrected chi connectivity index (χ3v) is 6.74. The summed E-state index contributed by atoms with van der Waals surface area (Å²) in [5.41, 5.74) is 1.76. The van der Waals surface area contributed by atoms with E-state index >= 15 is 0 Å². The average Bonchev–Trinajstić information content (AvgIpc) is 3.06. The molecule has 0 aromatic heterocycles. The molecule has 1 aromatic rings. The molecular weight excluding hydrogens is 365 g/mol. The van der Waals surface area contributed by atoms with E-state index in [1.54, 1.807) is 12.1 Å². The zero-order chi connectivity index (χ0) is 18.8. The molecule has 144 valence electrons. The molecule has 0 spiro atoms. The molecule has 1 amide bonds. The molecule has 1 unspecified atom stereocenters. The molecule has 3 aliphatic heterocycles. The number of para-hydroxylation sites is 1. The number of piperazine rings is 1. The van der Waals surface area contributed by atoms with E-state index in [4.69, 9.17) is 0 Å². The second kappa shape index (κ2) is 8.02. The maximum Gasteiger partial charge on any atom is 0.224 e. The SMILES string of the molecule is O=C1C=C2CN(C(=O)CCN3CCN(c4ccccc4F)CC3)CCC2S1. The summed E-state index contributed by atoms with van der Waals surface area (Å²) < 4.78 is 13.9. The van der Waals surface area contributed by atoms with Gasteiger partial charge in [-0.3, -0.25) is 14.5 Å². The number of anilines is 1. The smallest absolute Gasteiger partial charge is 0.224 e. The van der Waals surface area contributed by atoms with E-state index in [2.05, 4.69) is 9.80 Å². The molecule has 3 heterocycles. The molecule has 0 saturated carbocycles. The maximum atomic E-state index is 13.9. The summed E-state index contributed by atoms with van der Waals surface area (Å²) in [4.78, 5) is 30.3. The number of hydrogen-bond acceptors (Lipinski definition) is 5. The van der Waals surface area contributed by atoms with Crippen LogP contribution in [0.4, 0.5) is 10.1 Å². The van der Waals surface area contributed by atoms with Crippen LogP contribution in [0.15, 0.2) is 35.9 Å². The first-order chi connectivity index (χ1) is 13.1. The van der Waals surface area contributed by atoms with Gasteiger partial charge in [-0.2, -0.15) is 0 Å². The van der Waals surface area contributed by atoms with Crippen molar-refractivity contribution in [1.29, 1.82) is 0 Å². The second-order valence-electron chi connectivity index (χ2n) is 7.28. The first kappa shape index (κ1) is 18.5. The Balaban J connectivity index is 1.23. The largest absolute Gasteiger partial charge is 0.367 e. The van der Waals surface area contributed by atoms with Gasteiger partial charge in [-0.15, -0.1) is 0 Å². The fourth-order valence-corrected chi connectivity index (χ4v) is 5.02. The van der Waals surface area contributed by atoms with E-state index in [1.807, 2.05) is 17.0 Å². The lowest BCUT2D eigenvalue weighted by Gasteiger charge is -2.37. The lowest BCUT2D eigenvalue weighted by molar-refractivity contribution is -0.131. The van der Waals surface area contributed by atoms with Crippen LogP contribution in [0.1, 0.15) is 12.8 Å². The molecule has 0 N–H and O–H groups in total. The van der Waals surface area contributed by atoms with Crippen LogP contribution in [0, 0.1) is 5.82 Å². The van der Waals surface area contributed by atoms with Gasteiger partial charge in [0.25, 0.3) is 0 Å². The van der Waals surface area contributed by atoms with Crippen molar-refractivity contribution in [3.05, 3.63) is 41.7 Å². The molecule has 0 bridgehead atoms. The van der Waals surface area contributed by atoms with Crippen LogP contribution < -0.4 is 4.90 Å². The van der Waals surface area contributed by atoms with Gasteiger partial charge < -0.3 is 9.80 Å². The number of halogens is 1. The van der Waals surface area contributed by atoms with Gasteiger partial charge in [0.1, 0.15) is 5.82 Å². The Kier molecular flexibility index (Phi) is 5.50. The van der Waals surface area contributed by atoms with Crippen LogP contribution in [0.25, 0.3) is 0 Å². The summed E-state index contributed by atoms with van der Waals surface area (Å²) in [7, 11) is 0. The van der Waals surface area contributed by atoms with Gasteiger partial charge in [0, 0.05) is 57.5 Å². The van der Waals surface area contributed by atoms with E-state index in [1.165, 1.54) is 17.8 Å². The first-order valence-corrected chi connectivity index (χ1v) is 10.4. The summed E-state index contributed by atoms with van der Waals surface area (Å²) in [5, 5.41) is 0.407. The number of piperidine rings is 1. The third-order valence-electron chi connectivity index (χ3n) is 5.57. The van der Waals surface area contributed by atoms with Crippen LogP contribution in [0.2, 0.25) is 0 Å². The van der Waals surface area contributed by atoms with Crippen LogP contribution >= 0.6 is 11.8 Å². The summed E-state index contributed by atoms with van der Waals surface area (Å²) >= 11 is 1.39. The predicted octanol–water partition coefficient (Wildman–Crippen LogP) is 2.14. The first-order valence-electron chi connectivity index (χ1n) is 9.51. The number of likely N-dealkylation sites (tertiary alicyclic amines) is 1. The molecule has 3 aliphatic rings. The molecule has 2 saturated heterocycles. The number of thioether (sulfide) groups is 1. The number of carbonyl (C=O) groups is 2. The van der Waals surface area contributed by atoms with E-state index in [9.17, 15) is 14.0 Å². The number of rotatable bonds is 4. The number of nitrogens with zero attached hydrogens (tertiary/aromatic N) is 3. The van der Waals surface area contributed by atoms with Crippen LogP contribution in [-0.4, -0.2) is 71.9 Å². The average molecular weight is 389 g/mol. The number of hydrogen-bond donors (Lipinski definition) is 0. The Hall–Kier alpha value is -1.86. The Morgan fingerprint density at radius 2 is 1.93 bits per heavy atom. The highest BCUT2D eigenvalue weighted by Gasteiger charge is 2.32. The van der Waals surface area contributed by atoms with Gasteiger partial charge in [-0.05, 0) is 30.2 Å². The minimum absolute atomic E-state index is 0.122. The van der Waals surface area contributed by atoms with Gasteiger partial charge in [-0.25, -0.2) is 4.39 Å². The topological polar surface area (TPSA) is 43.9 Å². The fourth-order valence-electron chi connectivity index (χ4n) is 4.00. The Morgan fingerprint density at radius 3 is 2.70 bits per heavy atom. The van der Waals surface area contributed by atoms with Gasteiger partial charge in [0.2, 0.25) is 11.0 Å². The van der Waals surface area contributed by atoms with Gasteiger partial charge in [0.05, 0.1) is 5.69 Å². The Bertz CT molecular complexity index is 761. The van der Waals surface area contributed by atoms with Crippen molar-refractivity contribution in [2.24, 2.45) is 0 Å². The van der Waals surface area contributed by atoms with E-state index in [0.717, 1.165) is 51.3 Å². The highest BCUT2D eigenvalue weighted by Crippen LogP contribution is 2.34. The minimum atomic E-state index is -0.178. The molecule has 0 radical (unpaired) electrons. The van der Waals surface area contributed by atoms with Gasteiger partial charge in [-0.1, -0.05) is 23.9 Å². The zero-order valence-electron chi connectivity index (χ0n) is 15.3. The number of carbonyl (C=O) groups excluding carboxylic acids is 2. The molecular formula is C20H24FN3O2S. The number of benzene rings is 1. The molecule has 27 heavy (non-hydrogen) atoms. The molecule has 1 aromatic carbocycles. The number of fused-ring (bicyclic) bond motifs is 1. The van der Waals surface area contributed by atoms with E-state index in [-0.39, 0.29) is 22.1 Å². The minimum Gasteiger partial charge on any atom is -0.367 e. The van der Waals surface area contributed by atoms with Crippen molar-refractivity contribution in [2.45, 2.75) is 18.1 Å². The third kappa shape index (κ3) is 4.19. The summed E-state index contributed by atoms with van der Waals surface area (Å²) in [6.07, 6.45) is 3.07. The maximum absolute atomic E-state index is 13.9. The monoisotopic (exact) mass is 389 g/mol. The quantitative estimate of drug-likeness (QED) is 0.790. The number of amides is 1. The predicted molar refractivity (Wildman–Crippen MR) is 105 cm³/mol. The van der Waals surface area contributed by atoms with Crippen molar-refractivity contribution in [1.82, 2.24) is 9.80 Å². The van der Waals surface area contributed by atoms with Crippen LogP contribution in [-0.2, 0) is 9.59 Å². The van der Waals surface area contributed by atoms with E-state index < -0.39 is 0 Å². The lowest BCUT2D eigenvalue weighted by atomic mass is 10.0. The molecule has 2 fully saturated rings. The second-order valence-corrected chi connectivity index (χ2v) is 8.49. The molecule has 7 heteroatoms. The van der Waals surface area contributed by atoms with Crippen molar-refractivity contribution >= 4 is 28.5 Å². The van der Waals surface area contributed by atoms with Gasteiger partial charge >= 0.3 is 0 Å². The van der Waals surface area contributed by atoms with Crippen molar-refractivity contribution in [3.8, 4) is 0 Å². The lowest BCUT2D eigenvalue weighted by Crippen LogP contribution is -2.48. The van der Waals surface area contributed by atoms with Crippen molar-refractivity contribution < 1.29 is 14.0 Å². The summed E-state index contributed by atoms with van der Waals surface area (Å²) in [5.74, 6) is -0.0161. The highest BCUT2D eigenvalue weighted by atomic mass is 32.2. The molecule has 1 atom stereocenters. The van der Waals surface area contributed by atoms with Crippen LogP contribution in [0.3, 0.4) is 0 Å². The molecule has 0 aliphatic carbocycles. The summed E-state index contributed by atoms with van der Waals surface area (Å²) in [6.45, 7) is 5.28. The van der Waals surface area contributed by atoms with Gasteiger partial charge in [0.15, 0.2) is 0 Å². The van der Waals surface area contributed by atoms with E-state index in [0.29, 0.717) is 18.7 Å². The van der Waals surface area contributed by atoms with Crippen molar-refractivity contribution in [3.63, 3.8) is 0 Å². The van der Waals surface area contributed by atoms with Crippen molar-refractivity contribution in [2.75, 3.05) is 50.7 Å². The Morgan fingerprint density at radius 1 is 1.15 bits per heavy atom. The standard InChI is InChI=1S/C20H24FN3O2S/c21-16-3-1-2-4-17(16)23-11-9-22(10-12-23)7-6-19(25)24-8-5-18-15(14-24)13-20(26)27-18/h1-4,13,18H,5-12,14H2. The molecule has 5 nitrogen and oxygen atoms in total. The Labute approximate surface area is 163 Å².